The molecule has 5 nitrogen and oxygen atoms in total. The Hall–Kier alpha value is -1.30. The number of rotatable bonds is 2. The van der Waals surface area contributed by atoms with Gasteiger partial charge in [0.05, 0.1) is 22.3 Å². The maximum atomic E-state index is 12.0. The van der Waals surface area contributed by atoms with Gasteiger partial charge in [-0.05, 0) is 18.2 Å². The lowest BCUT2D eigenvalue weighted by Crippen LogP contribution is -2.58. The van der Waals surface area contributed by atoms with Gasteiger partial charge < -0.3 is 10.1 Å². The van der Waals surface area contributed by atoms with Crippen LogP contribution >= 0.6 is 23.2 Å². The molecule has 3 amide bonds. The molecule has 0 saturated carbocycles. The fourth-order valence-electron chi connectivity index (χ4n) is 1.64. The highest BCUT2D eigenvalue weighted by Gasteiger charge is 2.35. The number of hydrogen-bond donors (Lipinski definition) is 1. The Morgan fingerprint density at radius 1 is 1.33 bits per heavy atom. The third kappa shape index (κ3) is 2.29. The first kappa shape index (κ1) is 13.1. The molecular weight excluding hydrogens is 279 g/mol. The first-order valence-electron chi connectivity index (χ1n) is 5.14. The summed E-state index contributed by atoms with van der Waals surface area (Å²) in [6.07, 6.45) is -0.697. The predicted molar refractivity (Wildman–Crippen MR) is 68.1 cm³/mol. The van der Waals surface area contributed by atoms with E-state index in [9.17, 15) is 9.59 Å². The normalized spacial score (nSPS) is 19.9. The van der Waals surface area contributed by atoms with E-state index in [0.717, 1.165) is 4.90 Å². The number of amides is 3. The van der Waals surface area contributed by atoms with Crippen LogP contribution in [0, 0.1) is 0 Å². The van der Waals surface area contributed by atoms with Crippen molar-refractivity contribution in [3.63, 3.8) is 0 Å². The van der Waals surface area contributed by atoms with Crippen LogP contribution in [0.3, 0.4) is 0 Å². The fraction of sp³-hybridized carbons (Fsp3) is 0.273. The lowest BCUT2D eigenvalue weighted by atomic mass is 10.2. The average molecular weight is 289 g/mol. The zero-order valence-corrected chi connectivity index (χ0v) is 11.0. The lowest BCUT2D eigenvalue weighted by molar-refractivity contribution is -0.128. The average Bonchev–Trinajstić information content (AvgIpc) is 2.34. The minimum Gasteiger partial charge on any atom is -0.370 e. The van der Waals surface area contributed by atoms with Gasteiger partial charge in [0.15, 0.2) is 6.10 Å². The molecule has 1 aromatic carbocycles. The van der Waals surface area contributed by atoms with Crippen molar-refractivity contribution < 1.29 is 14.3 Å². The van der Waals surface area contributed by atoms with Crippen LogP contribution in [0.15, 0.2) is 18.2 Å². The van der Waals surface area contributed by atoms with Crippen LogP contribution in [-0.2, 0) is 9.53 Å². The van der Waals surface area contributed by atoms with E-state index in [4.69, 9.17) is 27.9 Å². The monoisotopic (exact) mass is 288 g/mol. The first-order chi connectivity index (χ1) is 8.54. The molecule has 0 radical (unpaired) electrons. The second-order valence-electron chi connectivity index (χ2n) is 3.68. The van der Waals surface area contributed by atoms with Crippen LogP contribution < -0.4 is 10.2 Å². The summed E-state index contributed by atoms with van der Waals surface area (Å²) >= 11 is 11.7. The Kier molecular flexibility index (Phi) is 3.75. The van der Waals surface area contributed by atoms with Crippen molar-refractivity contribution in [2.24, 2.45) is 0 Å². The van der Waals surface area contributed by atoms with Gasteiger partial charge in [0.1, 0.15) is 0 Å². The number of urea groups is 1. The van der Waals surface area contributed by atoms with E-state index < -0.39 is 18.0 Å². The number of hydrogen-bond acceptors (Lipinski definition) is 3. The molecule has 18 heavy (non-hydrogen) atoms. The van der Waals surface area contributed by atoms with E-state index in [2.05, 4.69) is 5.32 Å². The van der Waals surface area contributed by atoms with Gasteiger partial charge in [0, 0.05) is 7.11 Å². The molecule has 1 aliphatic rings. The van der Waals surface area contributed by atoms with Crippen LogP contribution in [0.1, 0.15) is 0 Å². The highest BCUT2D eigenvalue weighted by molar-refractivity contribution is 6.42. The molecular formula is C11H10Cl2N2O3. The highest BCUT2D eigenvalue weighted by Crippen LogP contribution is 2.28. The molecule has 1 N–H and O–H groups in total. The van der Waals surface area contributed by atoms with Gasteiger partial charge in [-0.2, -0.15) is 0 Å². The Morgan fingerprint density at radius 2 is 2.06 bits per heavy atom. The van der Waals surface area contributed by atoms with Crippen LogP contribution in [-0.4, -0.2) is 31.7 Å². The van der Waals surface area contributed by atoms with Crippen LogP contribution in [0.5, 0.6) is 0 Å². The van der Waals surface area contributed by atoms with Gasteiger partial charge in [0.2, 0.25) is 0 Å². The number of methoxy groups -OCH3 is 1. The van der Waals surface area contributed by atoms with Gasteiger partial charge in [0.25, 0.3) is 5.91 Å². The molecule has 7 heteroatoms. The van der Waals surface area contributed by atoms with Crippen LogP contribution in [0.4, 0.5) is 10.5 Å². The number of nitrogens with zero attached hydrogens (tertiary/aromatic N) is 1. The zero-order chi connectivity index (χ0) is 13.3. The second-order valence-corrected chi connectivity index (χ2v) is 4.50. The summed E-state index contributed by atoms with van der Waals surface area (Å²) in [5.74, 6) is -0.431. The zero-order valence-electron chi connectivity index (χ0n) is 9.44. The SMILES string of the molecule is COC1CNC(=O)N(c2ccc(Cl)c(Cl)c2)C1=O. The third-order valence-electron chi connectivity index (χ3n) is 2.58. The number of imide groups is 1. The lowest BCUT2D eigenvalue weighted by Gasteiger charge is -2.30. The summed E-state index contributed by atoms with van der Waals surface area (Å²) < 4.78 is 4.99. The highest BCUT2D eigenvalue weighted by atomic mass is 35.5. The van der Waals surface area contributed by atoms with E-state index in [1.165, 1.54) is 19.2 Å². The van der Waals surface area contributed by atoms with Crippen molar-refractivity contribution in [2.45, 2.75) is 6.10 Å². The third-order valence-corrected chi connectivity index (χ3v) is 3.32. The fourth-order valence-corrected chi connectivity index (χ4v) is 1.94. The maximum absolute atomic E-state index is 12.0. The number of anilines is 1. The van der Waals surface area contributed by atoms with Crippen molar-refractivity contribution in [3.8, 4) is 0 Å². The summed E-state index contributed by atoms with van der Waals surface area (Å²) in [4.78, 5) is 24.7. The van der Waals surface area contributed by atoms with Gasteiger partial charge in [-0.15, -0.1) is 0 Å². The Balaban J connectivity index is 2.37. The van der Waals surface area contributed by atoms with Crippen molar-refractivity contribution >= 4 is 40.8 Å². The number of ether oxygens (including phenoxy) is 1. The molecule has 1 aromatic rings. The molecule has 1 saturated heterocycles. The smallest absolute Gasteiger partial charge is 0.328 e. The summed E-state index contributed by atoms with van der Waals surface area (Å²) in [5.41, 5.74) is 0.355. The Morgan fingerprint density at radius 3 is 2.67 bits per heavy atom. The number of carbonyl (C=O) groups is 2. The topological polar surface area (TPSA) is 58.6 Å². The molecule has 0 aliphatic carbocycles. The summed E-state index contributed by atoms with van der Waals surface area (Å²) in [5, 5.41) is 3.19. The van der Waals surface area contributed by atoms with Crippen molar-refractivity contribution in [3.05, 3.63) is 28.2 Å². The quantitative estimate of drug-likeness (QED) is 0.906. The predicted octanol–water partition coefficient (Wildman–Crippen LogP) is 2.06. The Bertz CT molecular complexity index is 507. The molecule has 1 fully saturated rings. The molecule has 1 unspecified atom stereocenters. The molecule has 2 rings (SSSR count). The minimum atomic E-state index is -0.697. The number of benzene rings is 1. The molecule has 0 aromatic heterocycles. The minimum absolute atomic E-state index is 0.159. The second kappa shape index (κ2) is 5.14. The standard InChI is InChI=1S/C11H10Cl2N2O3/c1-18-9-5-14-11(17)15(10(9)16)6-2-3-7(12)8(13)4-6/h2-4,9H,5H2,1H3,(H,14,17). The molecule has 1 atom stereocenters. The first-order valence-corrected chi connectivity index (χ1v) is 5.90. The summed E-state index contributed by atoms with van der Waals surface area (Å²) in [7, 11) is 1.41. The molecule has 1 aliphatic heterocycles. The van der Waals surface area contributed by atoms with Crippen molar-refractivity contribution in [2.75, 3.05) is 18.6 Å². The molecule has 0 bridgehead atoms. The Labute approximate surface area is 114 Å². The molecule has 0 spiro atoms. The van der Waals surface area contributed by atoms with E-state index >= 15 is 0 Å². The van der Waals surface area contributed by atoms with Gasteiger partial charge in [-0.1, -0.05) is 23.2 Å². The summed E-state index contributed by atoms with van der Waals surface area (Å²) in [6, 6.07) is 4.02. The van der Waals surface area contributed by atoms with Crippen LogP contribution in [0.25, 0.3) is 0 Å². The number of nitrogens with one attached hydrogen (secondary N) is 1. The molecule has 96 valence electrons. The maximum Gasteiger partial charge on any atom is 0.328 e. The van der Waals surface area contributed by atoms with Crippen molar-refractivity contribution in [1.29, 1.82) is 0 Å². The van der Waals surface area contributed by atoms with Gasteiger partial charge in [-0.25, -0.2) is 9.69 Å². The molecule has 1 heterocycles. The summed E-state index contributed by atoms with van der Waals surface area (Å²) in [6.45, 7) is 0.159. The van der Waals surface area contributed by atoms with Gasteiger partial charge in [-0.3, -0.25) is 4.79 Å². The van der Waals surface area contributed by atoms with Gasteiger partial charge >= 0.3 is 6.03 Å². The number of carbonyl (C=O) groups excluding carboxylic acids is 2. The van der Waals surface area contributed by atoms with Crippen LogP contribution in [0.2, 0.25) is 10.0 Å². The van der Waals surface area contributed by atoms with E-state index in [0.29, 0.717) is 10.7 Å². The van der Waals surface area contributed by atoms with Crippen molar-refractivity contribution in [1.82, 2.24) is 5.32 Å². The largest absolute Gasteiger partial charge is 0.370 e. The number of halogens is 2. The van der Waals surface area contributed by atoms with E-state index in [-0.39, 0.29) is 11.6 Å². The van der Waals surface area contributed by atoms with E-state index in [1.54, 1.807) is 6.07 Å². The van der Waals surface area contributed by atoms with E-state index in [1.807, 2.05) is 0 Å².